The Balaban J connectivity index is 1.07. The van der Waals surface area contributed by atoms with Crippen LogP contribution in [0.1, 0.15) is 23.5 Å². The van der Waals surface area contributed by atoms with E-state index in [1.165, 1.54) is 44.2 Å². The van der Waals surface area contributed by atoms with Gasteiger partial charge in [-0.3, -0.25) is 4.99 Å². The number of anilines is 1. The van der Waals surface area contributed by atoms with Crippen LogP contribution in [-0.4, -0.2) is 23.0 Å². The van der Waals surface area contributed by atoms with E-state index in [9.17, 15) is 0 Å². The lowest BCUT2D eigenvalue weighted by atomic mass is 9.84. The van der Waals surface area contributed by atoms with Gasteiger partial charge in [0, 0.05) is 33.2 Å². The average molecular weight is 606 g/mol. The zero-order chi connectivity index (χ0) is 30.9. The van der Waals surface area contributed by atoms with Crippen molar-refractivity contribution >= 4 is 61.3 Å². The number of hydrogen-bond acceptors (Lipinski definition) is 3. The largest absolute Gasteiger partial charge is 0.454 e. The van der Waals surface area contributed by atoms with Gasteiger partial charge in [-0.05, 0) is 71.7 Å². The molecule has 224 valence electrons. The lowest BCUT2D eigenvalue weighted by molar-refractivity contribution is 0.664. The first kappa shape index (κ1) is 26.4. The van der Waals surface area contributed by atoms with Gasteiger partial charge in [0.05, 0.1) is 35.1 Å². The second kappa shape index (κ2) is 10.3. The summed E-state index contributed by atoms with van der Waals surface area (Å²) in [5, 5.41) is 4.85. The Kier molecular flexibility index (Phi) is 5.79. The van der Waals surface area contributed by atoms with Crippen LogP contribution >= 0.6 is 0 Å². The van der Waals surface area contributed by atoms with Gasteiger partial charge < -0.3 is 13.9 Å². The third-order valence-corrected chi connectivity index (χ3v) is 10.1. The fraction of sp³-hybridized carbons (Fsp3) is 0.0930. The monoisotopic (exact) mass is 605 g/mol. The molecule has 3 unspecified atom stereocenters. The highest BCUT2D eigenvalue weighted by molar-refractivity contribution is 6.12. The summed E-state index contributed by atoms with van der Waals surface area (Å²) in [5.74, 6) is 0.227. The molecule has 1 aliphatic heterocycles. The van der Waals surface area contributed by atoms with Crippen molar-refractivity contribution in [3.8, 4) is 5.69 Å². The van der Waals surface area contributed by atoms with Crippen molar-refractivity contribution in [3.63, 3.8) is 0 Å². The summed E-state index contributed by atoms with van der Waals surface area (Å²) in [6, 6.07) is 39.7. The normalized spacial score (nSPS) is 20.2. The molecule has 0 N–H and O–H groups in total. The third-order valence-electron chi connectivity index (χ3n) is 10.1. The highest BCUT2D eigenvalue weighted by atomic mass is 16.3. The number of allylic oxidation sites excluding steroid dienone is 6. The summed E-state index contributed by atoms with van der Waals surface area (Å²) in [4.78, 5) is 7.12. The van der Waals surface area contributed by atoms with Crippen LogP contribution in [0.5, 0.6) is 0 Å². The van der Waals surface area contributed by atoms with E-state index in [1.807, 2.05) is 12.4 Å². The SMILES string of the molecule is C1=CC(c2cc(N3C=NC4C=CC=CC43)c3oc4ccccc4c3c2)CC(c2ccc3c(c2)c2ccccc2n3-c2ccccc2)=C1. The summed E-state index contributed by atoms with van der Waals surface area (Å²) >= 11 is 0. The highest BCUT2D eigenvalue weighted by Gasteiger charge is 2.32. The maximum absolute atomic E-state index is 6.54. The topological polar surface area (TPSA) is 33.7 Å². The molecule has 4 heteroatoms. The van der Waals surface area contributed by atoms with Crippen molar-refractivity contribution in [3.05, 3.63) is 163 Å². The Labute approximate surface area is 272 Å². The number of rotatable bonds is 4. The first-order valence-corrected chi connectivity index (χ1v) is 16.4. The Hall–Kier alpha value is -5.87. The number of aromatic nitrogens is 1. The molecule has 0 bridgehead atoms. The van der Waals surface area contributed by atoms with E-state index in [0.717, 1.165) is 34.0 Å². The number of para-hydroxylation sites is 3. The Morgan fingerprint density at radius 1 is 0.660 bits per heavy atom. The summed E-state index contributed by atoms with van der Waals surface area (Å²) in [7, 11) is 0. The molecule has 47 heavy (non-hydrogen) atoms. The van der Waals surface area contributed by atoms with Crippen LogP contribution < -0.4 is 4.90 Å². The fourth-order valence-electron chi connectivity index (χ4n) is 7.81. The number of hydrogen-bond donors (Lipinski definition) is 0. The molecule has 0 saturated heterocycles. The van der Waals surface area contributed by atoms with Crippen molar-refractivity contribution in [1.82, 2.24) is 4.57 Å². The van der Waals surface area contributed by atoms with Crippen LogP contribution in [0, 0.1) is 0 Å². The first-order valence-electron chi connectivity index (χ1n) is 16.4. The average Bonchev–Trinajstić information content (AvgIpc) is 3.83. The molecule has 0 spiro atoms. The Bertz CT molecular complexity index is 2520. The molecule has 3 atom stereocenters. The number of benzene rings is 5. The van der Waals surface area contributed by atoms with Gasteiger partial charge in [-0.25, -0.2) is 0 Å². The first-order chi connectivity index (χ1) is 23.3. The standard InChI is InChI=1S/C43H31N3O/c1-2-13-32(14-3-1)46-38-18-7-4-15-33(38)35-24-30(21-22-39(35)46)28-11-10-12-29(23-28)31-25-36-34-16-5-9-20-42(34)47-43(36)41(26-31)45-27-44-37-17-6-8-19-40(37)45/h1-22,24-27,29,37,40H,23H2. The van der Waals surface area contributed by atoms with Crippen LogP contribution in [-0.2, 0) is 0 Å². The van der Waals surface area contributed by atoms with Gasteiger partial charge in [0.25, 0.3) is 0 Å². The molecule has 0 fully saturated rings. The van der Waals surface area contributed by atoms with Gasteiger partial charge in [-0.15, -0.1) is 0 Å². The van der Waals surface area contributed by atoms with E-state index in [0.29, 0.717) is 0 Å². The van der Waals surface area contributed by atoms with Crippen molar-refractivity contribution in [1.29, 1.82) is 0 Å². The van der Waals surface area contributed by atoms with Gasteiger partial charge in [-0.1, -0.05) is 103 Å². The molecular weight excluding hydrogens is 574 g/mol. The van der Waals surface area contributed by atoms with Gasteiger partial charge in [-0.2, -0.15) is 0 Å². The van der Waals surface area contributed by atoms with E-state index < -0.39 is 0 Å². The minimum Gasteiger partial charge on any atom is -0.454 e. The number of furan rings is 1. The zero-order valence-corrected chi connectivity index (χ0v) is 25.7. The van der Waals surface area contributed by atoms with Crippen molar-refractivity contribution in [2.45, 2.75) is 24.4 Å². The number of aliphatic imine (C=N–C) groups is 1. The molecule has 0 amide bonds. The summed E-state index contributed by atoms with van der Waals surface area (Å²) < 4.78 is 8.92. The minimum absolute atomic E-state index is 0.120. The van der Waals surface area contributed by atoms with Crippen molar-refractivity contribution in [2.75, 3.05) is 4.90 Å². The number of nitrogens with zero attached hydrogens (tertiary/aromatic N) is 3. The van der Waals surface area contributed by atoms with Gasteiger partial charge in [0.1, 0.15) is 5.58 Å². The van der Waals surface area contributed by atoms with Crippen molar-refractivity contribution < 1.29 is 4.42 Å². The predicted molar refractivity (Wildman–Crippen MR) is 196 cm³/mol. The highest BCUT2D eigenvalue weighted by Crippen LogP contribution is 2.43. The van der Waals surface area contributed by atoms with Crippen LogP contribution in [0.2, 0.25) is 0 Å². The minimum atomic E-state index is 0.120. The van der Waals surface area contributed by atoms with Crippen LogP contribution in [0.25, 0.3) is 55.0 Å². The molecule has 7 aromatic rings. The Morgan fingerprint density at radius 3 is 2.40 bits per heavy atom. The van der Waals surface area contributed by atoms with Crippen molar-refractivity contribution in [2.24, 2.45) is 4.99 Å². The van der Waals surface area contributed by atoms with Crippen LogP contribution in [0.15, 0.2) is 161 Å². The lowest BCUT2D eigenvalue weighted by Crippen LogP contribution is -2.35. The van der Waals surface area contributed by atoms with Gasteiger partial charge in [0.15, 0.2) is 5.58 Å². The zero-order valence-electron chi connectivity index (χ0n) is 25.7. The summed E-state index contributed by atoms with van der Waals surface area (Å²) in [5.41, 5.74) is 10.4. The molecule has 10 rings (SSSR count). The maximum Gasteiger partial charge on any atom is 0.159 e. The smallest absolute Gasteiger partial charge is 0.159 e. The summed E-state index contributed by atoms with van der Waals surface area (Å²) in [6.07, 6.45) is 18.4. The van der Waals surface area contributed by atoms with Gasteiger partial charge in [0.2, 0.25) is 0 Å². The van der Waals surface area contributed by atoms with Crippen LogP contribution in [0.3, 0.4) is 0 Å². The van der Waals surface area contributed by atoms with E-state index in [4.69, 9.17) is 9.41 Å². The lowest BCUT2D eigenvalue weighted by Gasteiger charge is -2.27. The van der Waals surface area contributed by atoms with Crippen LogP contribution in [0.4, 0.5) is 5.69 Å². The summed E-state index contributed by atoms with van der Waals surface area (Å²) in [6.45, 7) is 0. The maximum atomic E-state index is 6.54. The molecular formula is C43H31N3O. The molecule has 2 aliphatic carbocycles. The van der Waals surface area contributed by atoms with E-state index in [1.54, 1.807) is 0 Å². The second-order valence-corrected chi connectivity index (χ2v) is 12.7. The molecule has 5 aromatic carbocycles. The fourth-order valence-corrected chi connectivity index (χ4v) is 7.81. The molecule has 0 saturated carbocycles. The second-order valence-electron chi connectivity index (χ2n) is 12.7. The van der Waals surface area contributed by atoms with E-state index in [-0.39, 0.29) is 18.0 Å². The molecule has 3 aliphatic rings. The third kappa shape index (κ3) is 4.11. The molecule has 3 heterocycles. The molecule has 2 aromatic heterocycles. The van der Waals surface area contributed by atoms with E-state index in [2.05, 4.69) is 155 Å². The van der Waals surface area contributed by atoms with E-state index >= 15 is 0 Å². The quantitative estimate of drug-likeness (QED) is 0.200. The number of fused-ring (bicyclic) bond motifs is 7. The Morgan fingerprint density at radius 2 is 1.47 bits per heavy atom. The molecule has 0 radical (unpaired) electrons. The predicted octanol–water partition coefficient (Wildman–Crippen LogP) is 10.5. The van der Waals surface area contributed by atoms with Gasteiger partial charge >= 0.3 is 0 Å². The molecule has 4 nitrogen and oxygen atoms in total.